The molecule has 2 heteroatoms. The Balaban J connectivity index is 1.46. The van der Waals surface area contributed by atoms with E-state index in [2.05, 4.69) is 62.5 Å². The molecule has 1 heterocycles. The van der Waals surface area contributed by atoms with E-state index in [0.29, 0.717) is 0 Å². The molecule has 1 aromatic rings. The maximum Gasteiger partial charge on any atom is 0.0530 e. The third-order valence-corrected chi connectivity index (χ3v) is 10.3. The fraction of sp³-hybridized carbons (Fsp3) is 0.760. The van der Waals surface area contributed by atoms with Crippen molar-refractivity contribution in [1.29, 1.82) is 0 Å². The predicted octanol–water partition coefficient (Wildman–Crippen LogP) is 8.22. The Morgan fingerprint density at radius 1 is 0.926 bits per heavy atom. The second kappa shape index (κ2) is 11.2. The summed E-state index contributed by atoms with van der Waals surface area (Å²) >= 11 is 4.60. The summed E-state index contributed by atoms with van der Waals surface area (Å²) in [5.74, 6) is 5.62. The van der Waals surface area contributed by atoms with Gasteiger partial charge < -0.3 is 0 Å². The van der Waals surface area contributed by atoms with E-state index in [1.54, 1.807) is 16.7 Å². The van der Waals surface area contributed by atoms with Gasteiger partial charge in [-0.05, 0) is 97.8 Å². The van der Waals surface area contributed by atoms with Crippen LogP contribution in [0.2, 0.25) is 0 Å². The molecule has 1 saturated heterocycles. The fourth-order valence-corrected chi connectivity index (χ4v) is 8.51. The van der Waals surface area contributed by atoms with E-state index < -0.39 is 0 Å². The molecule has 1 saturated carbocycles. The number of hydrogen-bond donors (Lipinski definition) is 0. The molecule has 1 aliphatic carbocycles. The van der Waals surface area contributed by atoms with Gasteiger partial charge in [0.15, 0.2) is 0 Å². The topological polar surface area (TPSA) is 0 Å². The van der Waals surface area contributed by atoms with Gasteiger partial charge in [-0.25, -0.2) is 0 Å². The molecule has 2 aliphatic rings. The Labute approximate surface area is 177 Å². The van der Waals surface area contributed by atoms with E-state index in [0.717, 1.165) is 22.3 Å². The average Bonchev–Trinajstić information content (AvgIpc) is 2.71. The van der Waals surface area contributed by atoms with Crippen molar-refractivity contribution < 1.29 is 0 Å². The summed E-state index contributed by atoms with van der Waals surface area (Å²) in [6.07, 6.45) is 13.8. The zero-order valence-corrected chi connectivity index (χ0v) is 19.5. The van der Waals surface area contributed by atoms with Crippen molar-refractivity contribution in [3.8, 4) is 0 Å². The standard InChI is InChI=1S/C25H40S2/c1-4-6-8-20-10-15-24(19(3)16-20)22-11-13-23(14-12-22)25-26-17-21(18-27-25)9-7-5-2/h10,15-16,21-23,25H,4-9,11-14,17-18H2,1-3H3. The number of aryl methyl sites for hydroxylation is 2. The molecular weight excluding hydrogens is 364 g/mol. The van der Waals surface area contributed by atoms with Gasteiger partial charge in [0.1, 0.15) is 0 Å². The first-order chi connectivity index (χ1) is 13.2. The Morgan fingerprint density at radius 3 is 2.26 bits per heavy atom. The van der Waals surface area contributed by atoms with E-state index in [1.165, 1.54) is 75.7 Å². The van der Waals surface area contributed by atoms with Gasteiger partial charge in [-0.1, -0.05) is 51.3 Å². The van der Waals surface area contributed by atoms with Crippen molar-refractivity contribution in [3.05, 3.63) is 34.9 Å². The van der Waals surface area contributed by atoms with Gasteiger partial charge in [-0.3, -0.25) is 0 Å². The SMILES string of the molecule is CCCCc1ccc(C2CCC(C3SCC(CCCC)CS3)CC2)c(C)c1. The van der Waals surface area contributed by atoms with Gasteiger partial charge in [0.2, 0.25) is 0 Å². The molecule has 0 N–H and O–H groups in total. The highest BCUT2D eigenvalue weighted by atomic mass is 32.2. The van der Waals surface area contributed by atoms with Crippen LogP contribution in [-0.4, -0.2) is 16.1 Å². The van der Waals surface area contributed by atoms with Crippen LogP contribution in [0.15, 0.2) is 18.2 Å². The molecule has 2 fully saturated rings. The Bertz CT molecular complexity index is 551. The summed E-state index contributed by atoms with van der Waals surface area (Å²) in [5.41, 5.74) is 4.74. The molecule has 0 unspecified atom stereocenters. The molecule has 1 aliphatic heterocycles. The minimum Gasteiger partial charge on any atom is -0.147 e. The van der Waals surface area contributed by atoms with Gasteiger partial charge >= 0.3 is 0 Å². The molecule has 1 aromatic carbocycles. The summed E-state index contributed by atoms with van der Waals surface area (Å²) in [7, 11) is 0. The van der Waals surface area contributed by atoms with Gasteiger partial charge in [-0.15, -0.1) is 23.5 Å². The molecule has 3 rings (SSSR count). The van der Waals surface area contributed by atoms with Crippen molar-refractivity contribution in [3.63, 3.8) is 0 Å². The van der Waals surface area contributed by atoms with Crippen LogP contribution in [0.25, 0.3) is 0 Å². The zero-order chi connectivity index (χ0) is 19.1. The number of rotatable bonds is 8. The first-order valence-electron chi connectivity index (χ1n) is 11.5. The van der Waals surface area contributed by atoms with Crippen LogP contribution >= 0.6 is 23.5 Å². The average molecular weight is 405 g/mol. The van der Waals surface area contributed by atoms with Crippen LogP contribution in [0.3, 0.4) is 0 Å². The minimum absolute atomic E-state index is 0.817. The van der Waals surface area contributed by atoms with Crippen molar-refractivity contribution in [2.45, 2.75) is 95.5 Å². The lowest BCUT2D eigenvalue weighted by molar-refractivity contribution is 0.342. The van der Waals surface area contributed by atoms with Gasteiger partial charge in [-0.2, -0.15) is 0 Å². The van der Waals surface area contributed by atoms with E-state index in [9.17, 15) is 0 Å². The summed E-state index contributed by atoms with van der Waals surface area (Å²) in [6, 6.07) is 7.35. The maximum absolute atomic E-state index is 2.47. The summed E-state index contributed by atoms with van der Waals surface area (Å²) in [4.78, 5) is 0. The highest BCUT2D eigenvalue weighted by molar-refractivity contribution is 8.17. The third-order valence-electron chi connectivity index (χ3n) is 6.71. The second-order valence-electron chi connectivity index (χ2n) is 8.95. The van der Waals surface area contributed by atoms with E-state index in [1.807, 2.05) is 0 Å². The number of thioether (sulfide) groups is 2. The molecule has 0 atom stereocenters. The normalized spacial score (nSPS) is 29.0. The maximum atomic E-state index is 2.47. The lowest BCUT2D eigenvalue weighted by Crippen LogP contribution is -2.26. The monoisotopic (exact) mass is 404 g/mol. The summed E-state index contributed by atoms with van der Waals surface area (Å²) in [6.45, 7) is 6.96. The van der Waals surface area contributed by atoms with E-state index in [-0.39, 0.29) is 0 Å². The molecule has 27 heavy (non-hydrogen) atoms. The molecule has 152 valence electrons. The largest absolute Gasteiger partial charge is 0.147 e. The smallest absolute Gasteiger partial charge is 0.0530 e. The highest BCUT2D eigenvalue weighted by Crippen LogP contribution is 2.47. The Kier molecular flexibility index (Phi) is 8.97. The Morgan fingerprint density at radius 2 is 1.63 bits per heavy atom. The van der Waals surface area contributed by atoms with E-state index in [4.69, 9.17) is 0 Å². The molecule has 0 amide bonds. The number of hydrogen-bond acceptors (Lipinski definition) is 2. The molecule has 0 bridgehead atoms. The first kappa shape index (κ1) is 21.6. The van der Waals surface area contributed by atoms with Crippen LogP contribution in [-0.2, 0) is 6.42 Å². The zero-order valence-electron chi connectivity index (χ0n) is 17.8. The number of unbranched alkanes of at least 4 members (excludes halogenated alkanes) is 2. The molecule has 0 radical (unpaired) electrons. The molecule has 0 nitrogen and oxygen atoms in total. The van der Waals surface area contributed by atoms with Gasteiger partial charge in [0, 0.05) is 0 Å². The third kappa shape index (κ3) is 6.20. The summed E-state index contributed by atoms with van der Waals surface area (Å²) < 4.78 is 0.890. The molecular formula is C25H40S2. The van der Waals surface area contributed by atoms with E-state index >= 15 is 0 Å². The van der Waals surface area contributed by atoms with Gasteiger partial charge in [0.05, 0.1) is 4.58 Å². The van der Waals surface area contributed by atoms with Crippen molar-refractivity contribution in [2.75, 3.05) is 11.5 Å². The fourth-order valence-electron chi connectivity index (χ4n) is 4.92. The van der Waals surface area contributed by atoms with Crippen molar-refractivity contribution in [2.24, 2.45) is 11.8 Å². The molecule has 0 aromatic heterocycles. The van der Waals surface area contributed by atoms with Crippen LogP contribution < -0.4 is 0 Å². The molecule has 0 spiro atoms. The predicted molar refractivity (Wildman–Crippen MR) is 126 cm³/mol. The van der Waals surface area contributed by atoms with Crippen LogP contribution in [0.4, 0.5) is 0 Å². The Hall–Kier alpha value is -0.0800. The lowest BCUT2D eigenvalue weighted by Gasteiger charge is -2.37. The minimum atomic E-state index is 0.817. The van der Waals surface area contributed by atoms with Crippen LogP contribution in [0.5, 0.6) is 0 Å². The van der Waals surface area contributed by atoms with Crippen molar-refractivity contribution >= 4 is 23.5 Å². The first-order valence-corrected chi connectivity index (χ1v) is 13.6. The van der Waals surface area contributed by atoms with Crippen LogP contribution in [0.1, 0.15) is 94.2 Å². The van der Waals surface area contributed by atoms with Gasteiger partial charge in [0.25, 0.3) is 0 Å². The lowest BCUT2D eigenvalue weighted by atomic mass is 9.78. The quantitative estimate of drug-likeness (QED) is 0.428. The highest BCUT2D eigenvalue weighted by Gasteiger charge is 2.32. The summed E-state index contributed by atoms with van der Waals surface area (Å²) in [5, 5.41) is 0. The second-order valence-corrected chi connectivity index (χ2v) is 11.6. The number of benzene rings is 1. The van der Waals surface area contributed by atoms with Crippen molar-refractivity contribution in [1.82, 2.24) is 0 Å². The van der Waals surface area contributed by atoms with Crippen LogP contribution in [0, 0.1) is 18.8 Å².